The van der Waals surface area contributed by atoms with Crippen molar-refractivity contribution >= 4 is 21.9 Å². The molecular weight excluding hydrogens is 270 g/mol. The van der Waals surface area contributed by atoms with Crippen LogP contribution in [-0.2, 0) is 4.74 Å². The monoisotopic (exact) mass is 281 g/mol. The second kappa shape index (κ2) is 5.25. The summed E-state index contributed by atoms with van der Waals surface area (Å²) in [6.07, 6.45) is 6.45. The van der Waals surface area contributed by atoms with Gasteiger partial charge in [-0.05, 0) is 31.4 Å². The summed E-state index contributed by atoms with van der Waals surface area (Å²) >= 11 is 3.42. The van der Waals surface area contributed by atoms with E-state index in [1.54, 1.807) is 24.4 Å². The summed E-state index contributed by atoms with van der Waals surface area (Å²) in [5.74, 6) is -0.363. The summed E-state index contributed by atoms with van der Waals surface area (Å²) in [6, 6.07) is 5.20. The summed E-state index contributed by atoms with van der Waals surface area (Å²) in [5, 5.41) is 0. The van der Waals surface area contributed by atoms with Crippen LogP contribution in [0.25, 0.3) is 0 Å². The van der Waals surface area contributed by atoms with E-state index in [0.717, 1.165) is 23.7 Å². The molecule has 0 radical (unpaired) electrons. The molecular formula is C12H12BrNO2. The van der Waals surface area contributed by atoms with E-state index in [1.807, 2.05) is 0 Å². The molecule has 1 aliphatic rings. The van der Waals surface area contributed by atoms with Crippen molar-refractivity contribution in [3.05, 3.63) is 40.6 Å². The van der Waals surface area contributed by atoms with Crippen molar-refractivity contribution in [3.8, 4) is 0 Å². The molecule has 3 nitrogen and oxygen atoms in total. The Kier molecular flexibility index (Phi) is 3.72. The molecule has 1 heterocycles. The highest BCUT2D eigenvalue weighted by atomic mass is 79.9. The van der Waals surface area contributed by atoms with E-state index >= 15 is 0 Å². The summed E-state index contributed by atoms with van der Waals surface area (Å²) in [7, 11) is 0. The van der Waals surface area contributed by atoms with Crippen LogP contribution in [0.2, 0.25) is 0 Å². The number of hydrogen-bond acceptors (Lipinski definition) is 3. The second-order valence-electron chi connectivity index (χ2n) is 3.63. The number of carbonyl (C=O) groups is 1. The van der Waals surface area contributed by atoms with Crippen LogP contribution in [0, 0.1) is 0 Å². The van der Waals surface area contributed by atoms with E-state index in [-0.39, 0.29) is 12.1 Å². The molecule has 16 heavy (non-hydrogen) atoms. The van der Waals surface area contributed by atoms with Gasteiger partial charge in [0.2, 0.25) is 0 Å². The fourth-order valence-electron chi connectivity index (χ4n) is 1.60. The molecule has 0 bridgehead atoms. The molecule has 0 aliphatic heterocycles. The van der Waals surface area contributed by atoms with E-state index in [0.29, 0.717) is 5.69 Å². The Morgan fingerprint density at radius 1 is 1.50 bits per heavy atom. The lowest BCUT2D eigenvalue weighted by Gasteiger charge is -2.20. The van der Waals surface area contributed by atoms with Crippen LogP contribution >= 0.6 is 15.9 Å². The van der Waals surface area contributed by atoms with Gasteiger partial charge in [-0.3, -0.25) is 0 Å². The molecule has 1 atom stereocenters. The van der Waals surface area contributed by atoms with Crippen molar-refractivity contribution in [1.29, 1.82) is 0 Å². The fraction of sp³-hybridized carbons (Fsp3) is 0.333. The highest BCUT2D eigenvalue weighted by Crippen LogP contribution is 2.26. The second-order valence-corrected chi connectivity index (χ2v) is 4.54. The molecule has 0 amide bonds. The maximum Gasteiger partial charge on any atom is 0.357 e. The summed E-state index contributed by atoms with van der Waals surface area (Å²) < 4.78 is 6.33. The predicted octanol–water partition coefficient (Wildman–Crippen LogP) is 3.07. The standard InChI is InChI=1S/C12H12BrNO2/c13-9-5-1-2-7-11(9)16-12(15)10-6-3-4-8-14-10/h3-6,8,11H,1-2,7H2. The van der Waals surface area contributed by atoms with E-state index in [1.165, 1.54) is 0 Å². The number of aromatic nitrogens is 1. The molecule has 0 fully saturated rings. The normalized spacial score (nSPS) is 20.1. The highest BCUT2D eigenvalue weighted by Gasteiger charge is 2.21. The summed E-state index contributed by atoms with van der Waals surface area (Å²) in [6.45, 7) is 0. The van der Waals surface area contributed by atoms with Gasteiger partial charge in [-0.25, -0.2) is 9.78 Å². The van der Waals surface area contributed by atoms with Gasteiger partial charge in [0.15, 0.2) is 0 Å². The van der Waals surface area contributed by atoms with Crippen LogP contribution in [0.1, 0.15) is 29.8 Å². The first-order chi connectivity index (χ1) is 7.77. The first-order valence-electron chi connectivity index (χ1n) is 5.25. The zero-order valence-corrected chi connectivity index (χ0v) is 10.3. The third-order valence-electron chi connectivity index (χ3n) is 2.44. The number of carbonyl (C=O) groups excluding carboxylic acids is 1. The van der Waals surface area contributed by atoms with Crippen molar-refractivity contribution in [2.75, 3.05) is 0 Å². The molecule has 0 saturated carbocycles. The van der Waals surface area contributed by atoms with Crippen LogP contribution in [-0.4, -0.2) is 17.1 Å². The van der Waals surface area contributed by atoms with Gasteiger partial charge in [0.05, 0.1) is 0 Å². The zero-order valence-electron chi connectivity index (χ0n) is 8.73. The molecule has 4 heteroatoms. The van der Waals surface area contributed by atoms with Crippen LogP contribution in [0.15, 0.2) is 35.0 Å². The fourth-order valence-corrected chi connectivity index (χ4v) is 2.15. The molecule has 0 saturated heterocycles. The van der Waals surface area contributed by atoms with Gasteiger partial charge in [-0.2, -0.15) is 0 Å². The molecule has 1 aromatic heterocycles. The van der Waals surface area contributed by atoms with Crippen LogP contribution in [0.4, 0.5) is 0 Å². The minimum atomic E-state index is -0.363. The molecule has 84 valence electrons. The Bertz CT molecular complexity index is 403. The highest BCUT2D eigenvalue weighted by molar-refractivity contribution is 9.11. The minimum absolute atomic E-state index is 0.150. The number of nitrogens with zero attached hydrogens (tertiary/aromatic N) is 1. The molecule has 0 spiro atoms. The Balaban J connectivity index is 2.03. The van der Waals surface area contributed by atoms with E-state index < -0.39 is 0 Å². The van der Waals surface area contributed by atoms with Crippen LogP contribution < -0.4 is 0 Å². The Hall–Kier alpha value is -1.16. The first kappa shape index (κ1) is 11.3. The van der Waals surface area contributed by atoms with Crippen molar-refractivity contribution in [3.63, 3.8) is 0 Å². The zero-order chi connectivity index (χ0) is 11.4. The Morgan fingerprint density at radius 3 is 3.06 bits per heavy atom. The smallest absolute Gasteiger partial charge is 0.357 e. The lowest BCUT2D eigenvalue weighted by atomic mass is 10.1. The van der Waals surface area contributed by atoms with E-state index in [2.05, 4.69) is 27.0 Å². The number of pyridine rings is 1. The molecule has 0 aromatic carbocycles. The average Bonchev–Trinajstić information content (AvgIpc) is 2.33. The number of ether oxygens (including phenoxy) is 1. The SMILES string of the molecule is O=C(OC1CCCC=C1Br)c1ccccn1. The van der Waals surface area contributed by atoms with Gasteiger partial charge < -0.3 is 4.74 Å². The Morgan fingerprint density at radius 2 is 2.38 bits per heavy atom. The van der Waals surface area contributed by atoms with Crippen molar-refractivity contribution < 1.29 is 9.53 Å². The van der Waals surface area contributed by atoms with Crippen molar-refractivity contribution in [2.45, 2.75) is 25.4 Å². The molecule has 2 rings (SSSR count). The van der Waals surface area contributed by atoms with Gasteiger partial charge >= 0.3 is 5.97 Å². The maximum atomic E-state index is 11.7. The first-order valence-corrected chi connectivity index (χ1v) is 6.04. The quantitative estimate of drug-likeness (QED) is 0.782. The van der Waals surface area contributed by atoms with Crippen LogP contribution in [0.5, 0.6) is 0 Å². The molecule has 1 unspecified atom stereocenters. The Labute approximate surface area is 103 Å². The lowest BCUT2D eigenvalue weighted by Crippen LogP contribution is -2.21. The van der Waals surface area contributed by atoms with Gasteiger partial charge in [-0.1, -0.05) is 28.1 Å². The summed E-state index contributed by atoms with van der Waals surface area (Å²) in [5.41, 5.74) is 0.355. The number of esters is 1. The number of allylic oxidation sites excluding steroid dienone is 1. The third kappa shape index (κ3) is 2.70. The molecule has 0 N–H and O–H groups in total. The maximum absolute atomic E-state index is 11.7. The average molecular weight is 282 g/mol. The number of halogens is 1. The van der Waals surface area contributed by atoms with Gasteiger partial charge in [0.1, 0.15) is 11.8 Å². The van der Waals surface area contributed by atoms with E-state index in [4.69, 9.17) is 4.74 Å². The topological polar surface area (TPSA) is 39.2 Å². The summed E-state index contributed by atoms with van der Waals surface area (Å²) in [4.78, 5) is 15.7. The largest absolute Gasteiger partial charge is 0.452 e. The molecule has 1 aromatic rings. The van der Waals surface area contributed by atoms with Crippen LogP contribution in [0.3, 0.4) is 0 Å². The lowest BCUT2D eigenvalue weighted by molar-refractivity contribution is 0.0357. The van der Waals surface area contributed by atoms with Gasteiger partial charge in [-0.15, -0.1) is 0 Å². The van der Waals surface area contributed by atoms with Gasteiger partial charge in [0, 0.05) is 10.7 Å². The molecule has 1 aliphatic carbocycles. The predicted molar refractivity (Wildman–Crippen MR) is 64.3 cm³/mol. The van der Waals surface area contributed by atoms with Crippen molar-refractivity contribution in [1.82, 2.24) is 4.98 Å². The third-order valence-corrected chi connectivity index (χ3v) is 3.28. The van der Waals surface area contributed by atoms with Crippen molar-refractivity contribution in [2.24, 2.45) is 0 Å². The van der Waals surface area contributed by atoms with Gasteiger partial charge in [0.25, 0.3) is 0 Å². The number of hydrogen-bond donors (Lipinski definition) is 0. The minimum Gasteiger partial charge on any atom is -0.452 e. The number of rotatable bonds is 2. The van der Waals surface area contributed by atoms with E-state index in [9.17, 15) is 4.79 Å².